The third-order valence-corrected chi connectivity index (χ3v) is 4.21. The first-order valence-electron chi connectivity index (χ1n) is 8.65. The van der Waals surface area contributed by atoms with Gasteiger partial charge in [0.25, 0.3) is 0 Å². The molecule has 1 heterocycles. The number of urea groups is 1. The zero-order valence-corrected chi connectivity index (χ0v) is 14.9. The largest absolute Gasteiger partial charge is 0.490 e. The third kappa shape index (κ3) is 3.29. The number of benzene rings is 2. The first kappa shape index (κ1) is 17.6. The number of hydrogen-bond acceptors (Lipinski definition) is 4. The Hall–Kier alpha value is -3.20. The summed E-state index contributed by atoms with van der Waals surface area (Å²) < 4.78 is 11.3. The van der Waals surface area contributed by atoms with E-state index in [0.717, 1.165) is 5.56 Å². The van der Waals surface area contributed by atoms with Gasteiger partial charge in [-0.2, -0.15) is 5.26 Å². The highest BCUT2D eigenvalue weighted by Crippen LogP contribution is 2.36. The molecule has 0 saturated carbocycles. The fraction of sp³-hybridized carbons (Fsp3) is 0.300. The maximum atomic E-state index is 12.5. The monoisotopic (exact) mass is 351 g/mol. The number of amides is 2. The van der Waals surface area contributed by atoms with E-state index in [2.05, 4.69) is 11.4 Å². The van der Waals surface area contributed by atoms with Crippen LogP contribution in [0.4, 0.5) is 10.5 Å². The Bertz CT molecular complexity index is 844. The summed E-state index contributed by atoms with van der Waals surface area (Å²) in [4.78, 5) is 14.1. The van der Waals surface area contributed by atoms with Gasteiger partial charge in [-0.1, -0.05) is 18.2 Å². The summed E-state index contributed by atoms with van der Waals surface area (Å²) in [6.45, 7) is 5.36. The predicted molar refractivity (Wildman–Crippen MR) is 98.6 cm³/mol. The molecule has 0 radical (unpaired) electrons. The van der Waals surface area contributed by atoms with Crippen LogP contribution in [0.5, 0.6) is 11.5 Å². The van der Waals surface area contributed by atoms with Crippen LogP contribution in [0.25, 0.3) is 0 Å². The van der Waals surface area contributed by atoms with Gasteiger partial charge < -0.3 is 14.8 Å². The maximum absolute atomic E-state index is 12.5. The summed E-state index contributed by atoms with van der Waals surface area (Å²) in [6.07, 6.45) is 0. The van der Waals surface area contributed by atoms with Crippen molar-refractivity contribution in [3.8, 4) is 17.6 Å². The van der Waals surface area contributed by atoms with Crippen molar-refractivity contribution in [3.63, 3.8) is 0 Å². The number of carbonyl (C=O) groups is 1. The van der Waals surface area contributed by atoms with E-state index < -0.39 is 0 Å². The summed E-state index contributed by atoms with van der Waals surface area (Å²) >= 11 is 0. The second kappa shape index (κ2) is 7.79. The summed E-state index contributed by atoms with van der Waals surface area (Å²) in [6, 6.07) is 14.5. The van der Waals surface area contributed by atoms with Crippen molar-refractivity contribution in [1.29, 1.82) is 5.26 Å². The maximum Gasteiger partial charge on any atom is 0.322 e. The van der Waals surface area contributed by atoms with Crippen LogP contribution in [0.3, 0.4) is 0 Å². The minimum Gasteiger partial charge on any atom is -0.490 e. The molecule has 6 heteroatoms. The molecule has 3 rings (SSSR count). The van der Waals surface area contributed by atoms with Gasteiger partial charge in [0.2, 0.25) is 0 Å². The zero-order chi connectivity index (χ0) is 18.5. The topological polar surface area (TPSA) is 74.6 Å². The fourth-order valence-electron chi connectivity index (χ4n) is 3.10. The van der Waals surface area contributed by atoms with E-state index in [1.54, 1.807) is 23.1 Å². The number of nitriles is 1. The lowest BCUT2D eigenvalue weighted by Gasteiger charge is -2.25. The highest BCUT2D eigenvalue weighted by atomic mass is 16.5. The van der Waals surface area contributed by atoms with E-state index in [1.165, 1.54) is 0 Å². The number of para-hydroxylation sites is 1. The van der Waals surface area contributed by atoms with Gasteiger partial charge in [0.1, 0.15) is 6.07 Å². The van der Waals surface area contributed by atoms with Gasteiger partial charge in [0.05, 0.1) is 30.5 Å². The molecule has 1 fully saturated rings. The minimum absolute atomic E-state index is 0.218. The fourth-order valence-corrected chi connectivity index (χ4v) is 3.10. The van der Waals surface area contributed by atoms with Gasteiger partial charge in [-0.15, -0.1) is 0 Å². The first-order chi connectivity index (χ1) is 12.7. The van der Waals surface area contributed by atoms with Crippen LogP contribution >= 0.6 is 0 Å². The number of carbonyl (C=O) groups excluding carboxylic acids is 1. The van der Waals surface area contributed by atoms with Crippen LogP contribution in [0, 0.1) is 11.3 Å². The molecule has 0 spiro atoms. The minimum atomic E-state index is -0.230. The molecule has 2 aromatic carbocycles. The van der Waals surface area contributed by atoms with Crippen molar-refractivity contribution in [2.45, 2.75) is 19.9 Å². The van der Waals surface area contributed by atoms with E-state index in [0.29, 0.717) is 42.5 Å². The lowest BCUT2D eigenvalue weighted by Crippen LogP contribution is -2.30. The number of anilines is 1. The number of nitrogens with one attached hydrogen (secondary N) is 1. The second-order valence-corrected chi connectivity index (χ2v) is 5.77. The van der Waals surface area contributed by atoms with E-state index in [-0.39, 0.29) is 12.1 Å². The Balaban J connectivity index is 2.01. The van der Waals surface area contributed by atoms with Crippen LogP contribution in [-0.2, 0) is 0 Å². The van der Waals surface area contributed by atoms with Gasteiger partial charge in [0, 0.05) is 6.54 Å². The van der Waals surface area contributed by atoms with E-state index in [9.17, 15) is 10.1 Å². The average Bonchev–Trinajstić information content (AvgIpc) is 3.05. The number of ether oxygens (including phenoxy) is 2. The Kier molecular flexibility index (Phi) is 5.28. The van der Waals surface area contributed by atoms with E-state index in [4.69, 9.17) is 9.47 Å². The Labute approximate surface area is 152 Å². The molecule has 1 aliphatic rings. The number of nitrogens with zero attached hydrogens (tertiary/aromatic N) is 2. The van der Waals surface area contributed by atoms with Crippen LogP contribution in [0.1, 0.15) is 31.0 Å². The molecule has 2 amide bonds. The molecule has 0 aliphatic carbocycles. The van der Waals surface area contributed by atoms with Crippen LogP contribution in [0.15, 0.2) is 42.5 Å². The Morgan fingerprint density at radius 3 is 2.62 bits per heavy atom. The highest BCUT2D eigenvalue weighted by Gasteiger charge is 2.34. The Morgan fingerprint density at radius 1 is 1.15 bits per heavy atom. The van der Waals surface area contributed by atoms with Crippen molar-refractivity contribution in [1.82, 2.24) is 5.32 Å². The molecule has 1 unspecified atom stereocenters. The van der Waals surface area contributed by atoms with Crippen LogP contribution < -0.4 is 19.7 Å². The lowest BCUT2D eigenvalue weighted by atomic mass is 10.0. The van der Waals surface area contributed by atoms with Gasteiger partial charge in [-0.05, 0) is 43.7 Å². The zero-order valence-electron chi connectivity index (χ0n) is 14.9. The highest BCUT2D eigenvalue weighted by molar-refractivity contribution is 5.96. The van der Waals surface area contributed by atoms with Crippen molar-refractivity contribution < 1.29 is 14.3 Å². The summed E-state index contributed by atoms with van der Waals surface area (Å²) in [5, 5.41) is 12.3. The van der Waals surface area contributed by atoms with Crippen molar-refractivity contribution in [2.24, 2.45) is 0 Å². The molecule has 1 aliphatic heterocycles. The molecule has 1 saturated heterocycles. The molecular formula is C20H21N3O3. The average molecular weight is 351 g/mol. The van der Waals surface area contributed by atoms with Crippen LogP contribution in [0.2, 0.25) is 0 Å². The third-order valence-electron chi connectivity index (χ3n) is 4.21. The van der Waals surface area contributed by atoms with E-state index in [1.807, 2.05) is 38.1 Å². The summed E-state index contributed by atoms with van der Waals surface area (Å²) in [5.41, 5.74) is 1.98. The van der Waals surface area contributed by atoms with Crippen molar-refractivity contribution in [2.75, 3.05) is 24.7 Å². The summed E-state index contributed by atoms with van der Waals surface area (Å²) in [5.74, 6) is 1.33. The van der Waals surface area contributed by atoms with Gasteiger partial charge in [-0.3, -0.25) is 4.90 Å². The number of rotatable bonds is 6. The smallest absolute Gasteiger partial charge is 0.322 e. The standard InChI is InChI=1S/C20H21N3O3/c1-3-25-18-10-9-14(11-19(18)26-4-2)17-13-22-20(24)23(17)16-8-6-5-7-15(16)12-21/h5-11,17H,3-4,13H2,1-2H3,(H,22,24). The first-order valence-corrected chi connectivity index (χ1v) is 8.65. The second-order valence-electron chi connectivity index (χ2n) is 5.77. The Morgan fingerprint density at radius 2 is 1.88 bits per heavy atom. The van der Waals surface area contributed by atoms with Crippen molar-refractivity contribution >= 4 is 11.7 Å². The predicted octanol–water partition coefficient (Wildman–Crippen LogP) is 3.63. The molecule has 26 heavy (non-hydrogen) atoms. The lowest BCUT2D eigenvalue weighted by molar-refractivity contribution is 0.251. The quantitative estimate of drug-likeness (QED) is 0.862. The summed E-state index contributed by atoms with van der Waals surface area (Å²) in [7, 11) is 0. The van der Waals surface area contributed by atoms with Gasteiger partial charge >= 0.3 is 6.03 Å². The van der Waals surface area contributed by atoms with E-state index >= 15 is 0 Å². The normalized spacial score (nSPS) is 16.1. The molecule has 2 aromatic rings. The number of hydrogen-bond donors (Lipinski definition) is 1. The molecule has 1 atom stereocenters. The molecule has 1 N–H and O–H groups in total. The SMILES string of the molecule is CCOc1ccc(C2CNC(=O)N2c2ccccc2C#N)cc1OCC. The van der Waals surface area contributed by atoms with Gasteiger partial charge in [0.15, 0.2) is 11.5 Å². The van der Waals surface area contributed by atoms with Gasteiger partial charge in [-0.25, -0.2) is 4.79 Å². The molecule has 6 nitrogen and oxygen atoms in total. The molecule has 0 aromatic heterocycles. The molecule has 0 bridgehead atoms. The molecule has 134 valence electrons. The van der Waals surface area contributed by atoms with Crippen LogP contribution in [-0.4, -0.2) is 25.8 Å². The van der Waals surface area contributed by atoms with Crippen molar-refractivity contribution in [3.05, 3.63) is 53.6 Å². The molecular weight excluding hydrogens is 330 g/mol.